The molecule has 0 unspecified atom stereocenters. The highest BCUT2D eigenvalue weighted by Gasteiger charge is 2.06. The zero-order chi connectivity index (χ0) is 12.8. The first-order valence-electron chi connectivity index (χ1n) is 5.68. The lowest BCUT2D eigenvalue weighted by Crippen LogP contribution is -2.03. The second-order valence-corrected chi connectivity index (χ2v) is 3.94. The van der Waals surface area contributed by atoms with Crippen LogP contribution in [0.2, 0.25) is 0 Å². The average Bonchev–Trinajstić information content (AvgIpc) is 2.42. The van der Waals surface area contributed by atoms with Gasteiger partial charge < -0.3 is 5.21 Å². The van der Waals surface area contributed by atoms with Gasteiger partial charge in [-0.15, -0.1) is 0 Å². The Hall–Kier alpha value is -2.23. The summed E-state index contributed by atoms with van der Waals surface area (Å²) in [6, 6.07) is 9.85. The lowest BCUT2D eigenvalue weighted by atomic mass is 10.0. The van der Waals surface area contributed by atoms with Gasteiger partial charge in [0.25, 0.3) is 0 Å². The fourth-order valence-corrected chi connectivity index (χ4v) is 1.70. The molecule has 1 aromatic carbocycles. The minimum absolute atomic E-state index is 0.549. The monoisotopic (exact) mass is 240 g/mol. The van der Waals surface area contributed by atoms with E-state index in [1.807, 2.05) is 24.6 Å². The summed E-state index contributed by atoms with van der Waals surface area (Å²) < 4.78 is 0. The van der Waals surface area contributed by atoms with Crippen molar-refractivity contribution in [2.45, 2.75) is 13.3 Å². The Morgan fingerprint density at radius 3 is 2.78 bits per heavy atom. The molecule has 0 aliphatic rings. The van der Waals surface area contributed by atoms with E-state index in [-0.39, 0.29) is 0 Å². The lowest BCUT2D eigenvalue weighted by molar-refractivity contribution is 0.318. The third-order valence-electron chi connectivity index (χ3n) is 2.74. The summed E-state index contributed by atoms with van der Waals surface area (Å²) in [6.07, 6.45) is 5.74. The molecule has 0 saturated heterocycles. The van der Waals surface area contributed by atoms with E-state index in [2.05, 4.69) is 28.3 Å². The van der Waals surface area contributed by atoms with Gasteiger partial charge in [-0.2, -0.15) is 10.2 Å². The molecular weight excluding hydrogens is 226 g/mol. The molecule has 1 heterocycles. The van der Waals surface area contributed by atoms with Gasteiger partial charge in [-0.3, -0.25) is 0 Å². The number of nitrogens with zero attached hydrogens (tertiary/aromatic N) is 3. The predicted molar refractivity (Wildman–Crippen MR) is 69.6 cm³/mol. The van der Waals surface area contributed by atoms with Crippen LogP contribution in [0.5, 0.6) is 0 Å². The molecule has 0 aliphatic carbocycles. The summed E-state index contributed by atoms with van der Waals surface area (Å²) >= 11 is 0. The highest BCUT2D eigenvalue weighted by atomic mass is 16.4. The van der Waals surface area contributed by atoms with Crippen LogP contribution < -0.4 is 0 Å². The maximum absolute atomic E-state index is 9.05. The maximum Gasteiger partial charge on any atom is 0.0890 e. The largest absolute Gasteiger partial charge is 0.411 e. The Morgan fingerprint density at radius 1 is 1.28 bits per heavy atom. The Labute approximate surface area is 106 Å². The fraction of sp³-hybridized carbons (Fsp3) is 0.143. The van der Waals surface area contributed by atoms with Crippen LogP contribution in [0.3, 0.4) is 0 Å². The predicted octanol–water partition coefficient (Wildman–Crippen LogP) is 2.61. The standard InChI is InChI=1S/C14H14N3O/c1-11-4-2-3-5-12(11)6-7-14(17-18)13-8-9-15-16-10-13/h2-6,8-10,18H,7H2,1H3. The number of rotatable bonds is 4. The van der Waals surface area contributed by atoms with E-state index in [1.54, 1.807) is 18.5 Å². The molecule has 0 spiro atoms. The molecule has 0 fully saturated rings. The summed E-state index contributed by atoms with van der Waals surface area (Å²) in [5, 5.41) is 19.8. The van der Waals surface area contributed by atoms with E-state index in [0.717, 1.165) is 11.1 Å². The van der Waals surface area contributed by atoms with E-state index in [4.69, 9.17) is 5.21 Å². The summed E-state index contributed by atoms with van der Waals surface area (Å²) in [7, 11) is 0. The molecule has 2 rings (SSSR count). The van der Waals surface area contributed by atoms with Crippen molar-refractivity contribution in [2.75, 3.05) is 0 Å². The highest BCUT2D eigenvalue weighted by molar-refractivity contribution is 6.00. The van der Waals surface area contributed by atoms with E-state index in [9.17, 15) is 0 Å². The molecule has 0 aliphatic heterocycles. The molecule has 18 heavy (non-hydrogen) atoms. The number of hydrogen-bond donors (Lipinski definition) is 1. The number of oxime groups is 1. The second kappa shape index (κ2) is 5.91. The zero-order valence-corrected chi connectivity index (χ0v) is 10.1. The van der Waals surface area contributed by atoms with E-state index >= 15 is 0 Å². The number of aromatic nitrogens is 2. The Balaban J connectivity index is 2.08. The summed E-state index contributed by atoms with van der Waals surface area (Å²) in [4.78, 5) is 0. The van der Waals surface area contributed by atoms with Crippen LogP contribution in [0.25, 0.3) is 0 Å². The van der Waals surface area contributed by atoms with Crippen molar-refractivity contribution < 1.29 is 5.21 Å². The van der Waals surface area contributed by atoms with Crippen LogP contribution in [0.15, 0.2) is 47.9 Å². The number of hydrogen-bond acceptors (Lipinski definition) is 4. The molecule has 0 amide bonds. The third kappa shape index (κ3) is 2.91. The minimum atomic E-state index is 0.549. The van der Waals surface area contributed by atoms with Crippen LogP contribution in [0.1, 0.15) is 23.1 Å². The first-order valence-corrected chi connectivity index (χ1v) is 5.68. The Kier molecular flexibility index (Phi) is 4.02. The van der Waals surface area contributed by atoms with Gasteiger partial charge in [-0.25, -0.2) is 0 Å². The van der Waals surface area contributed by atoms with E-state index in [1.165, 1.54) is 5.56 Å². The van der Waals surface area contributed by atoms with E-state index < -0.39 is 0 Å². The van der Waals surface area contributed by atoms with E-state index in [0.29, 0.717) is 12.1 Å². The Morgan fingerprint density at radius 2 is 2.11 bits per heavy atom. The molecule has 1 aromatic heterocycles. The van der Waals surface area contributed by atoms with Crippen molar-refractivity contribution in [3.05, 3.63) is 65.8 Å². The smallest absolute Gasteiger partial charge is 0.0890 e. The highest BCUT2D eigenvalue weighted by Crippen LogP contribution is 2.14. The molecule has 1 radical (unpaired) electrons. The number of aryl methyl sites for hydroxylation is 1. The third-order valence-corrected chi connectivity index (χ3v) is 2.74. The molecule has 91 valence electrons. The van der Waals surface area contributed by atoms with Crippen LogP contribution in [0, 0.1) is 13.3 Å². The quantitative estimate of drug-likeness (QED) is 0.507. The van der Waals surface area contributed by atoms with Crippen molar-refractivity contribution >= 4 is 5.71 Å². The van der Waals surface area contributed by atoms with Crippen LogP contribution in [0.4, 0.5) is 0 Å². The maximum atomic E-state index is 9.05. The minimum Gasteiger partial charge on any atom is -0.411 e. The van der Waals surface area contributed by atoms with Crippen LogP contribution >= 0.6 is 0 Å². The first-order chi connectivity index (χ1) is 8.81. The van der Waals surface area contributed by atoms with Crippen molar-refractivity contribution in [3.8, 4) is 0 Å². The van der Waals surface area contributed by atoms with Gasteiger partial charge in [0, 0.05) is 12.0 Å². The Bertz CT molecular complexity index is 538. The number of benzene rings is 1. The van der Waals surface area contributed by atoms with Crippen molar-refractivity contribution in [1.29, 1.82) is 0 Å². The topological polar surface area (TPSA) is 58.4 Å². The molecule has 0 saturated carbocycles. The molecule has 0 bridgehead atoms. The van der Waals surface area contributed by atoms with Gasteiger partial charge in [0.15, 0.2) is 0 Å². The average molecular weight is 240 g/mol. The van der Waals surface area contributed by atoms with Crippen molar-refractivity contribution in [2.24, 2.45) is 5.16 Å². The first kappa shape index (κ1) is 12.2. The van der Waals surface area contributed by atoms with Crippen LogP contribution in [-0.2, 0) is 0 Å². The van der Waals surface area contributed by atoms with Crippen molar-refractivity contribution in [3.63, 3.8) is 0 Å². The summed E-state index contributed by atoms with van der Waals surface area (Å²) in [5.74, 6) is 0. The van der Waals surface area contributed by atoms with Crippen molar-refractivity contribution in [1.82, 2.24) is 10.2 Å². The summed E-state index contributed by atoms with van der Waals surface area (Å²) in [6.45, 7) is 2.05. The molecular formula is C14H14N3O. The molecule has 1 N–H and O–H groups in total. The van der Waals surface area contributed by atoms with Gasteiger partial charge in [0.2, 0.25) is 0 Å². The van der Waals surface area contributed by atoms with Crippen LogP contribution in [-0.4, -0.2) is 21.1 Å². The molecule has 4 heteroatoms. The molecule has 4 nitrogen and oxygen atoms in total. The normalized spacial score (nSPS) is 11.5. The summed E-state index contributed by atoms with van der Waals surface area (Å²) in [5.41, 5.74) is 3.69. The molecule has 0 atom stereocenters. The van der Waals surface area contributed by atoms with Gasteiger partial charge >= 0.3 is 0 Å². The fourth-order valence-electron chi connectivity index (χ4n) is 1.70. The van der Waals surface area contributed by atoms with Gasteiger partial charge in [0.05, 0.1) is 18.1 Å². The lowest BCUT2D eigenvalue weighted by Gasteiger charge is -2.06. The van der Waals surface area contributed by atoms with Gasteiger partial charge in [-0.05, 0) is 30.5 Å². The SMILES string of the molecule is Cc1ccccc1[CH]CC(=NO)c1ccnnc1. The molecule has 2 aromatic rings. The van der Waals surface area contributed by atoms with Gasteiger partial charge in [-0.1, -0.05) is 29.4 Å². The second-order valence-electron chi connectivity index (χ2n) is 3.94. The van der Waals surface area contributed by atoms with Gasteiger partial charge in [0.1, 0.15) is 0 Å². The zero-order valence-electron chi connectivity index (χ0n) is 10.1.